The number of carbonyl (C=O) groups is 1. The fourth-order valence-corrected chi connectivity index (χ4v) is 2.25. The molecule has 0 saturated carbocycles. The van der Waals surface area contributed by atoms with Crippen LogP contribution in [0.3, 0.4) is 0 Å². The number of hydrogen-bond acceptors (Lipinski definition) is 5. The van der Waals surface area contributed by atoms with E-state index in [0.717, 1.165) is 0 Å². The molecule has 24 heavy (non-hydrogen) atoms. The predicted molar refractivity (Wildman–Crippen MR) is 89.9 cm³/mol. The summed E-state index contributed by atoms with van der Waals surface area (Å²) in [6.45, 7) is 3.72. The average molecular weight is 346 g/mol. The van der Waals surface area contributed by atoms with E-state index in [1.807, 2.05) is 19.9 Å². The van der Waals surface area contributed by atoms with Crippen molar-refractivity contribution in [1.29, 1.82) is 5.26 Å². The van der Waals surface area contributed by atoms with Crippen LogP contribution in [0.5, 0.6) is 17.2 Å². The van der Waals surface area contributed by atoms with Gasteiger partial charge in [0.2, 0.25) is 0 Å². The molecule has 124 valence electrons. The largest absolute Gasteiger partial charge is 0.493 e. The molecular weight excluding hydrogens is 330 g/mol. The summed E-state index contributed by atoms with van der Waals surface area (Å²) in [7, 11) is 1.46. The van der Waals surface area contributed by atoms with Gasteiger partial charge in [0.15, 0.2) is 11.5 Å². The highest BCUT2D eigenvalue weighted by atomic mass is 35.5. The zero-order chi connectivity index (χ0) is 17.7. The standard InChI is InChI=1S/C18H16ClNO4/c1-11(2)23-17-14(19)8-13(9-16(17)22-3)18(21)24-15-7-5-4-6-12(15)10-20/h4-9,11H,1-3H3. The lowest BCUT2D eigenvalue weighted by molar-refractivity contribution is 0.0733. The third-order valence-electron chi connectivity index (χ3n) is 3.03. The molecule has 0 fully saturated rings. The Kier molecular flexibility index (Phi) is 5.67. The van der Waals surface area contributed by atoms with Crippen molar-refractivity contribution in [2.24, 2.45) is 0 Å². The predicted octanol–water partition coefficient (Wildman–Crippen LogP) is 4.23. The molecule has 0 bridgehead atoms. The van der Waals surface area contributed by atoms with Crippen LogP contribution in [0.1, 0.15) is 29.8 Å². The number of para-hydroxylation sites is 1. The first kappa shape index (κ1) is 17.6. The van der Waals surface area contributed by atoms with Crippen LogP contribution in [0.4, 0.5) is 0 Å². The Morgan fingerprint density at radius 2 is 1.92 bits per heavy atom. The van der Waals surface area contributed by atoms with Crippen LogP contribution in [0.2, 0.25) is 5.02 Å². The summed E-state index contributed by atoms with van der Waals surface area (Å²) in [5, 5.41) is 9.29. The van der Waals surface area contributed by atoms with Gasteiger partial charge in [0.05, 0.1) is 29.4 Å². The number of nitriles is 1. The van der Waals surface area contributed by atoms with Crippen molar-refractivity contribution in [2.75, 3.05) is 7.11 Å². The van der Waals surface area contributed by atoms with Crippen molar-refractivity contribution >= 4 is 17.6 Å². The van der Waals surface area contributed by atoms with E-state index in [0.29, 0.717) is 11.5 Å². The van der Waals surface area contributed by atoms with Crippen LogP contribution in [-0.2, 0) is 0 Å². The summed E-state index contributed by atoms with van der Waals surface area (Å²) < 4.78 is 16.1. The second kappa shape index (κ2) is 7.71. The van der Waals surface area contributed by atoms with Crippen LogP contribution in [0.15, 0.2) is 36.4 Å². The maximum Gasteiger partial charge on any atom is 0.343 e. The third kappa shape index (κ3) is 3.98. The van der Waals surface area contributed by atoms with E-state index < -0.39 is 5.97 Å². The maximum absolute atomic E-state index is 12.3. The van der Waals surface area contributed by atoms with E-state index in [2.05, 4.69) is 0 Å². The fourth-order valence-electron chi connectivity index (χ4n) is 1.99. The summed E-state index contributed by atoms with van der Waals surface area (Å²) >= 11 is 6.20. The summed E-state index contributed by atoms with van der Waals surface area (Å²) in [6, 6.07) is 11.4. The van der Waals surface area contributed by atoms with Gasteiger partial charge >= 0.3 is 5.97 Å². The quantitative estimate of drug-likeness (QED) is 0.599. The van der Waals surface area contributed by atoms with E-state index in [9.17, 15) is 4.79 Å². The highest BCUT2D eigenvalue weighted by Gasteiger charge is 2.19. The molecule has 5 nitrogen and oxygen atoms in total. The van der Waals surface area contributed by atoms with Crippen molar-refractivity contribution in [3.63, 3.8) is 0 Å². The first-order chi connectivity index (χ1) is 11.5. The molecule has 2 rings (SSSR count). The molecule has 0 heterocycles. The molecule has 0 saturated heterocycles. The Labute approximate surface area is 145 Å². The van der Waals surface area contributed by atoms with Gasteiger partial charge in [-0.25, -0.2) is 4.79 Å². The number of ether oxygens (including phenoxy) is 3. The van der Waals surface area contributed by atoms with Gasteiger partial charge in [-0.2, -0.15) is 5.26 Å². The van der Waals surface area contributed by atoms with Gasteiger partial charge in [-0.3, -0.25) is 0 Å². The molecule has 2 aromatic rings. The summed E-state index contributed by atoms with van der Waals surface area (Å²) in [6.07, 6.45) is -0.100. The SMILES string of the molecule is COc1cc(C(=O)Oc2ccccc2C#N)cc(Cl)c1OC(C)C. The minimum Gasteiger partial charge on any atom is -0.493 e. The molecule has 0 aliphatic heterocycles. The Hall–Kier alpha value is -2.71. The van der Waals surface area contributed by atoms with Gasteiger partial charge in [0.1, 0.15) is 11.8 Å². The van der Waals surface area contributed by atoms with Gasteiger partial charge in [-0.1, -0.05) is 23.7 Å². The van der Waals surface area contributed by atoms with Gasteiger partial charge in [-0.15, -0.1) is 0 Å². The molecule has 0 amide bonds. The Balaban J connectivity index is 2.33. The molecule has 2 aromatic carbocycles. The first-order valence-corrected chi connectivity index (χ1v) is 7.59. The number of hydrogen-bond donors (Lipinski definition) is 0. The Morgan fingerprint density at radius 1 is 1.21 bits per heavy atom. The lowest BCUT2D eigenvalue weighted by Crippen LogP contribution is -2.11. The average Bonchev–Trinajstić information content (AvgIpc) is 2.56. The molecule has 0 aliphatic rings. The lowest BCUT2D eigenvalue weighted by atomic mass is 10.2. The molecule has 0 unspecified atom stereocenters. The number of carbonyl (C=O) groups excluding carboxylic acids is 1. The van der Waals surface area contributed by atoms with Crippen LogP contribution < -0.4 is 14.2 Å². The van der Waals surface area contributed by atoms with Crippen molar-refractivity contribution in [3.8, 4) is 23.3 Å². The van der Waals surface area contributed by atoms with Crippen LogP contribution in [0.25, 0.3) is 0 Å². The molecule has 0 atom stereocenters. The number of methoxy groups -OCH3 is 1. The topological polar surface area (TPSA) is 68.5 Å². The van der Waals surface area contributed by atoms with Gasteiger partial charge < -0.3 is 14.2 Å². The van der Waals surface area contributed by atoms with E-state index in [1.165, 1.54) is 19.2 Å². The number of halogens is 1. The zero-order valence-electron chi connectivity index (χ0n) is 13.5. The first-order valence-electron chi connectivity index (χ1n) is 7.21. The Bertz CT molecular complexity index is 796. The summed E-state index contributed by atoms with van der Waals surface area (Å²) in [5.41, 5.74) is 0.462. The molecule has 0 aromatic heterocycles. The number of rotatable bonds is 5. The number of esters is 1. The minimum atomic E-state index is -0.644. The zero-order valence-corrected chi connectivity index (χ0v) is 14.3. The van der Waals surface area contributed by atoms with Crippen molar-refractivity contribution in [1.82, 2.24) is 0 Å². The van der Waals surface area contributed by atoms with Crippen molar-refractivity contribution in [2.45, 2.75) is 20.0 Å². The van der Waals surface area contributed by atoms with Gasteiger partial charge in [-0.05, 0) is 38.1 Å². The normalized spacial score (nSPS) is 10.2. The second-order valence-corrected chi connectivity index (χ2v) is 5.56. The van der Waals surface area contributed by atoms with E-state index in [-0.39, 0.29) is 28.0 Å². The third-order valence-corrected chi connectivity index (χ3v) is 3.31. The Morgan fingerprint density at radius 3 is 2.54 bits per heavy atom. The minimum absolute atomic E-state index is 0.100. The molecule has 0 N–H and O–H groups in total. The van der Waals surface area contributed by atoms with Crippen molar-refractivity contribution < 1.29 is 19.0 Å². The monoisotopic (exact) mass is 345 g/mol. The van der Waals surface area contributed by atoms with Crippen LogP contribution in [-0.4, -0.2) is 19.2 Å². The highest BCUT2D eigenvalue weighted by molar-refractivity contribution is 6.32. The molecule has 0 spiro atoms. The fraction of sp³-hybridized carbons (Fsp3) is 0.222. The van der Waals surface area contributed by atoms with E-state index in [4.69, 9.17) is 31.1 Å². The summed E-state index contributed by atoms with van der Waals surface area (Å²) in [5.74, 6) is 0.233. The molecule has 0 radical (unpaired) electrons. The summed E-state index contributed by atoms with van der Waals surface area (Å²) in [4.78, 5) is 12.3. The smallest absolute Gasteiger partial charge is 0.343 e. The van der Waals surface area contributed by atoms with Crippen LogP contribution >= 0.6 is 11.6 Å². The second-order valence-electron chi connectivity index (χ2n) is 5.15. The van der Waals surface area contributed by atoms with Crippen molar-refractivity contribution in [3.05, 3.63) is 52.5 Å². The van der Waals surface area contributed by atoms with E-state index in [1.54, 1.807) is 24.3 Å². The van der Waals surface area contributed by atoms with Gasteiger partial charge in [0, 0.05) is 0 Å². The van der Waals surface area contributed by atoms with Crippen LogP contribution in [0, 0.1) is 11.3 Å². The van der Waals surface area contributed by atoms with Gasteiger partial charge in [0.25, 0.3) is 0 Å². The number of nitrogens with zero attached hydrogens (tertiary/aromatic N) is 1. The van der Waals surface area contributed by atoms with E-state index >= 15 is 0 Å². The molecule has 6 heteroatoms. The number of benzene rings is 2. The molecular formula is C18H16ClNO4. The maximum atomic E-state index is 12.3. The highest BCUT2D eigenvalue weighted by Crippen LogP contribution is 2.37. The lowest BCUT2D eigenvalue weighted by Gasteiger charge is -2.16. The molecule has 0 aliphatic carbocycles.